The van der Waals surface area contributed by atoms with E-state index in [-0.39, 0.29) is 0 Å². The average molecular weight is 285 g/mol. The van der Waals surface area contributed by atoms with Crippen LogP contribution in [0.3, 0.4) is 0 Å². The molecule has 3 aromatic heterocycles. The van der Waals surface area contributed by atoms with Crippen LogP contribution in [0.15, 0.2) is 21.8 Å². The van der Waals surface area contributed by atoms with Crippen molar-refractivity contribution in [3.63, 3.8) is 0 Å². The molecule has 3 heterocycles. The third-order valence-corrected chi connectivity index (χ3v) is 3.92. The fourth-order valence-electron chi connectivity index (χ4n) is 1.24. The maximum atomic E-state index is 5.91. The van der Waals surface area contributed by atoms with Crippen molar-refractivity contribution in [2.45, 2.75) is 16.3 Å². The van der Waals surface area contributed by atoms with E-state index in [0.717, 1.165) is 15.2 Å². The van der Waals surface area contributed by atoms with Crippen LogP contribution in [0.1, 0.15) is 5.82 Å². The van der Waals surface area contributed by atoms with Gasteiger partial charge in [-0.25, -0.2) is 4.98 Å². The predicted molar refractivity (Wildman–Crippen MR) is 64.6 cm³/mol. The summed E-state index contributed by atoms with van der Waals surface area (Å²) >= 11 is 8.69. The lowest BCUT2D eigenvalue weighted by atomic mass is 10.7. The number of aryl methyl sites for hydroxylation is 1. The van der Waals surface area contributed by atoms with Crippen molar-refractivity contribution >= 4 is 40.7 Å². The Morgan fingerprint density at radius 2 is 2.29 bits per heavy atom. The summed E-state index contributed by atoms with van der Waals surface area (Å²) in [6, 6.07) is 1.73. The van der Waals surface area contributed by atoms with E-state index in [9.17, 15) is 0 Å². The maximum Gasteiger partial charge on any atom is 0.254 e. The Labute approximate surface area is 109 Å². The average Bonchev–Trinajstić information content (AvgIpc) is 2.87. The largest absolute Gasteiger partial charge is 0.254 e. The highest BCUT2D eigenvalue weighted by atomic mass is 35.5. The molecule has 6 nitrogen and oxygen atoms in total. The molecular weight excluding hydrogens is 280 g/mol. The van der Waals surface area contributed by atoms with E-state index in [4.69, 9.17) is 11.6 Å². The zero-order chi connectivity index (χ0) is 11.8. The molecule has 0 amide bonds. The first-order chi connectivity index (χ1) is 8.22. The summed E-state index contributed by atoms with van der Waals surface area (Å²) in [5.74, 6) is 1.23. The van der Waals surface area contributed by atoms with Gasteiger partial charge in [-0.15, -0.1) is 0 Å². The van der Waals surface area contributed by atoms with E-state index >= 15 is 0 Å². The van der Waals surface area contributed by atoms with Gasteiger partial charge in [0.05, 0.1) is 0 Å². The molecule has 0 fully saturated rings. The second-order valence-corrected chi connectivity index (χ2v) is 5.51. The van der Waals surface area contributed by atoms with Gasteiger partial charge in [0.15, 0.2) is 4.34 Å². The molecule has 0 aliphatic heterocycles. The first-order valence-electron chi connectivity index (χ1n) is 4.57. The van der Waals surface area contributed by atoms with Gasteiger partial charge < -0.3 is 0 Å². The highest BCUT2D eigenvalue weighted by Crippen LogP contribution is 2.29. The zero-order valence-electron chi connectivity index (χ0n) is 8.53. The number of halogens is 1. The van der Waals surface area contributed by atoms with Gasteiger partial charge >= 0.3 is 0 Å². The molecule has 9 heteroatoms. The zero-order valence-corrected chi connectivity index (χ0v) is 10.9. The van der Waals surface area contributed by atoms with Crippen molar-refractivity contribution in [1.29, 1.82) is 0 Å². The smallest absolute Gasteiger partial charge is 0.213 e. The standard InChI is InChI=1S/C8H5ClN6S2/c1-4-12-8(17-14-4)16-6-2-5(9)13-7-10-3-11-15(6)7/h2-3H,1H3. The SMILES string of the molecule is Cc1nsc(Sc2cc(Cl)nc3ncnn23)n1. The Balaban J connectivity index is 2.07. The number of hydrogen-bond donors (Lipinski definition) is 0. The van der Waals surface area contributed by atoms with E-state index in [2.05, 4.69) is 24.4 Å². The molecule has 0 bridgehead atoms. The van der Waals surface area contributed by atoms with Crippen molar-refractivity contribution in [2.24, 2.45) is 0 Å². The van der Waals surface area contributed by atoms with Crippen LogP contribution in [0.4, 0.5) is 0 Å². The molecule has 0 radical (unpaired) electrons. The summed E-state index contributed by atoms with van der Waals surface area (Å²) < 4.78 is 6.57. The van der Waals surface area contributed by atoms with Gasteiger partial charge in [0.1, 0.15) is 22.3 Å². The summed E-state index contributed by atoms with van der Waals surface area (Å²) in [5.41, 5.74) is 0. The van der Waals surface area contributed by atoms with E-state index < -0.39 is 0 Å². The monoisotopic (exact) mass is 284 g/mol. The summed E-state index contributed by atoms with van der Waals surface area (Å²) in [4.78, 5) is 12.3. The molecule has 0 unspecified atom stereocenters. The summed E-state index contributed by atoms with van der Waals surface area (Å²) in [5, 5.41) is 5.28. The van der Waals surface area contributed by atoms with Crippen molar-refractivity contribution in [2.75, 3.05) is 0 Å². The van der Waals surface area contributed by atoms with Gasteiger partial charge in [-0.2, -0.15) is 24.0 Å². The van der Waals surface area contributed by atoms with Gasteiger partial charge in [-0.05, 0) is 30.2 Å². The normalized spacial score (nSPS) is 11.2. The van der Waals surface area contributed by atoms with Crippen LogP contribution in [0, 0.1) is 6.92 Å². The van der Waals surface area contributed by atoms with Gasteiger partial charge in [0.2, 0.25) is 0 Å². The van der Waals surface area contributed by atoms with E-state index in [1.165, 1.54) is 29.6 Å². The number of rotatable bonds is 2. The predicted octanol–water partition coefficient (Wildman–Crippen LogP) is 2.09. The van der Waals surface area contributed by atoms with Crippen LogP contribution >= 0.6 is 34.9 Å². The maximum absolute atomic E-state index is 5.91. The molecule has 0 spiro atoms. The fourth-order valence-corrected chi connectivity index (χ4v) is 3.17. The van der Waals surface area contributed by atoms with Crippen LogP contribution < -0.4 is 0 Å². The van der Waals surface area contributed by atoms with Crippen LogP contribution in [0.25, 0.3) is 5.78 Å². The lowest BCUT2D eigenvalue weighted by Gasteiger charge is -2.00. The second-order valence-electron chi connectivity index (χ2n) is 3.10. The highest BCUT2D eigenvalue weighted by Gasteiger charge is 2.10. The molecule has 0 aliphatic rings. The fraction of sp³-hybridized carbons (Fsp3) is 0.125. The summed E-state index contributed by atoms with van der Waals surface area (Å²) in [6.07, 6.45) is 1.44. The topological polar surface area (TPSA) is 68.9 Å². The second kappa shape index (κ2) is 4.21. The first kappa shape index (κ1) is 10.9. The van der Waals surface area contributed by atoms with Crippen LogP contribution in [0.5, 0.6) is 0 Å². The lowest BCUT2D eigenvalue weighted by molar-refractivity contribution is 0.842. The van der Waals surface area contributed by atoms with Crippen molar-refractivity contribution in [3.8, 4) is 0 Å². The number of fused-ring (bicyclic) bond motifs is 1. The minimum absolute atomic E-state index is 0.384. The Morgan fingerprint density at radius 1 is 1.41 bits per heavy atom. The quantitative estimate of drug-likeness (QED) is 0.671. The third kappa shape index (κ3) is 2.11. The first-order valence-corrected chi connectivity index (χ1v) is 6.53. The lowest BCUT2D eigenvalue weighted by Crippen LogP contribution is -1.95. The Morgan fingerprint density at radius 3 is 3.06 bits per heavy atom. The number of nitrogens with zero attached hydrogens (tertiary/aromatic N) is 6. The molecule has 0 saturated carbocycles. The minimum atomic E-state index is 0.384. The van der Waals surface area contributed by atoms with Crippen molar-refractivity contribution < 1.29 is 0 Å². The van der Waals surface area contributed by atoms with Crippen molar-refractivity contribution in [1.82, 2.24) is 28.9 Å². The van der Waals surface area contributed by atoms with E-state index in [1.54, 1.807) is 10.6 Å². The highest BCUT2D eigenvalue weighted by molar-refractivity contribution is 8.00. The van der Waals surface area contributed by atoms with Crippen LogP contribution in [-0.4, -0.2) is 28.9 Å². The van der Waals surface area contributed by atoms with Gasteiger partial charge in [0.25, 0.3) is 5.78 Å². The van der Waals surface area contributed by atoms with Crippen molar-refractivity contribution in [3.05, 3.63) is 23.4 Å². The number of aromatic nitrogens is 6. The van der Waals surface area contributed by atoms with E-state index in [0.29, 0.717) is 10.9 Å². The molecule has 3 rings (SSSR count). The Hall–Kier alpha value is -1.25. The molecule has 0 aromatic carbocycles. The molecule has 0 atom stereocenters. The Kier molecular flexibility index (Phi) is 2.69. The summed E-state index contributed by atoms with van der Waals surface area (Å²) in [6.45, 7) is 1.85. The molecule has 0 saturated heterocycles. The van der Waals surface area contributed by atoms with Crippen LogP contribution in [-0.2, 0) is 0 Å². The molecular formula is C8H5ClN6S2. The minimum Gasteiger partial charge on any atom is -0.213 e. The molecule has 3 aromatic rings. The molecule has 17 heavy (non-hydrogen) atoms. The molecule has 0 aliphatic carbocycles. The van der Waals surface area contributed by atoms with Gasteiger partial charge in [0, 0.05) is 6.07 Å². The van der Waals surface area contributed by atoms with Crippen LogP contribution in [0.2, 0.25) is 5.15 Å². The Bertz CT molecular complexity index is 678. The van der Waals surface area contributed by atoms with E-state index in [1.807, 2.05) is 6.92 Å². The third-order valence-electron chi connectivity index (χ3n) is 1.89. The molecule has 0 N–H and O–H groups in total. The molecule has 86 valence electrons. The van der Waals surface area contributed by atoms with Gasteiger partial charge in [-0.1, -0.05) is 11.6 Å². The summed E-state index contributed by atoms with van der Waals surface area (Å²) in [7, 11) is 0. The number of hydrogen-bond acceptors (Lipinski definition) is 7. The van der Waals surface area contributed by atoms with Gasteiger partial charge in [-0.3, -0.25) is 0 Å².